The molecule has 0 aliphatic heterocycles. The lowest BCUT2D eigenvalue weighted by molar-refractivity contribution is -0.123. The van der Waals surface area contributed by atoms with E-state index in [0.717, 1.165) is 10.0 Å². The zero-order chi connectivity index (χ0) is 16.7. The maximum Gasteiger partial charge on any atom is 0.277 e. The largest absolute Gasteiger partial charge is 0.484 e. The SMILES string of the molecule is CC(C)c1ccc(OCC(=O)N/N=C/c2cccc(Br)c2)cc1. The van der Waals surface area contributed by atoms with Gasteiger partial charge in [0.05, 0.1) is 6.21 Å². The first-order chi connectivity index (χ1) is 11.0. The quantitative estimate of drug-likeness (QED) is 0.611. The topological polar surface area (TPSA) is 50.7 Å². The van der Waals surface area contributed by atoms with Gasteiger partial charge in [0.25, 0.3) is 5.91 Å². The summed E-state index contributed by atoms with van der Waals surface area (Å²) < 4.78 is 6.39. The normalized spacial score (nSPS) is 11.0. The number of benzene rings is 2. The van der Waals surface area contributed by atoms with Crippen molar-refractivity contribution in [3.8, 4) is 5.75 Å². The second-order valence-electron chi connectivity index (χ2n) is 5.36. The van der Waals surface area contributed by atoms with E-state index in [4.69, 9.17) is 4.74 Å². The van der Waals surface area contributed by atoms with E-state index in [1.165, 1.54) is 5.56 Å². The molecule has 0 atom stereocenters. The molecule has 0 fully saturated rings. The molecule has 0 saturated heterocycles. The number of hydrogen-bond acceptors (Lipinski definition) is 3. The number of amides is 1. The highest BCUT2D eigenvalue weighted by Crippen LogP contribution is 2.18. The third-order valence-electron chi connectivity index (χ3n) is 3.17. The van der Waals surface area contributed by atoms with Crippen molar-refractivity contribution in [2.45, 2.75) is 19.8 Å². The van der Waals surface area contributed by atoms with Crippen LogP contribution in [0.2, 0.25) is 0 Å². The van der Waals surface area contributed by atoms with Crippen molar-refractivity contribution in [2.75, 3.05) is 6.61 Å². The fraction of sp³-hybridized carbons (Fsp3) is 0.222. The molecule has 2 aromatic carbocycles. The van der Waals surface area contributed by atoms with Gasteiger partial charge in [-0.25, -0.2) is 5.43 Å². The van der Waals surface area contributed by atoms with Crippen LogP contribution in [0.25, 0.3) is 0 Å². The number of nitrogens with zero attached hydrogens (tertiary/aromatic N) is 1. The minimum atomic E-state index is -0.302. The number of hydrazone groups is 1. The van der Waals surface area contributed by atoms with Crippen LogP contribution in [0.1, 0.15) is 30.9 Å². The molecule has 0 heterocycles. The van der Waals surface area contributed by atoms with Gasteiger partial charge in [0.15, 0.2) is 6.61 Å². The summed E-state index contributed by atoms with van der Waals surface area (Å²) in [5.41, 5.74) is 4.57. The number of rotatable bonds is 6. The first-order valence-corrected chi connectivity index (χ1v) is 8.14. The smallest absolute Gasteiger partial charge is 0.277 e. The highest BCUT2D eigenvalue weighted by Gasteiger charge is 2.03. The summed E-state index contributed by atoms with van der Waals surface area (Å²) in [5.74, 6) is 0.837. The van der Waals surface area contributed by atoms with Gasteiger partial charge in [-0.1, -0.05) is 54.0 Å². The minimum absolute atomic E-state index is 0.0726. The van der Waals surface area contributed by atoms with Gasteiger partial charge >= 0.3 is 0 Å². The molecule has 0 aromatic heterocycles. The maximum absolute atomic E-state index is 11.7. The van der Waals surface area contributed by atoms with Crippen molar-refractivity contribution < 1.29 is 9.53 Å². The third kappa shape index (κ3) is 5.87. The Morgan fingerprint density at radius 3 is 2.65 bits per heavy atom. The Labute approximate surface area is 144 Å². The molecule has 0 aliphatic rings. The lowest BCUT2D eigenvalue weighted by atomic mass is 10.0. The van der Waals surface area contributed by atoms with E-state index in [2.05, 4.69) is 40.3 Å². The van der Waals surface area contributed by atoms with Crippen molar-refractivity contribution in [1.29, 1.82) is 0 Å². The van der Waals surface area contributed by atoms with Crippen molar-refractivity contribution in [3.05, 3.63) is 64.1 Å². The van der Waals surface area contributed by atoms with Gasteiger partial charge in [0.2, 0.25) is 0 Å². The Balaban J connectivity index is 1.78. The Morgan fingerprint density at radius 2 is 2.00 bits per heavy atom. The predicted molar refractivity (Wildman–Crippen MR) is 95.9 cm³/mol. The van der Waals surface area contributed by atoms with Crippen LogP contribution in [0.3, 0.4) is 0 Å². The summed E-state index contributed by atoms with van der Waals surface area (Å²) >= 11 is 3.38. The Bertz CT molecular complexity index is 682. The zero-order valence-electron chi connectivity index (χ0n) is 13.1. The molecular formula is C18H19BrN2O2. The molecule has 0 radical (unpaired) electrons. The van der Waals surface area contributed by atoms with E-state index in [1.807, 2.05) is 48.5 Å². The van der Waals surface area contributed by atoms with Crippen LogP contribution in [0, 0.1) is 0 Å². The second kappa shape index (κ2) is 8.48. The van der Waals surface area contributed by atoms with E-state index in [9.17, 15) is 4.79 Å². The number of halogens is 1. The molecule has 1 amide bonds. The van der Waals surface area contributed by atoms with Gasteiger partial charge in [-0.2, -0.15) is 5.10 Å². The van der Waals surface area contributed by atoms with Gasteiger partial charge in [0, 0.05) is 4.47 Å². The van der Waals surface area contributed by atoms with Gasteiger partial charge in [-0.15, -0.1) is 0 Å². The van der Waals surface area contributed by atoms with E-state index >= 15 is 0 Å². The van der Waals surface area contributed by atoms with Gasteiger partial charge < -0.3 is 4.74 Å². The molecule has 2 aromatic rings. The Hall–Kier alpha value is -2.14. The Morgan fingerprint density at radius 1 is 1.26 bits per heavy atom. The maximum atomic E-state index is 11.7. The van der Waals surface area contributed by atoms with E-state index in [0.29, 0.717) is 11.7 Å². The van der Waals surface area contributed by atoms with E-state index < -0.39 is 0 Å². The van der Waals surface area contributed by atoms with E-state index in [1.54, 1.807) is 6.21 Å². The minimum Gasteiger partial charge on any atom is -0.484 e. The van der Waals surface area contributed by atoms with Crippen LogP contribution in [-0.4, -0.2) is 18.7 Å². The summed E-state index contributed by atoms with van der Waals surface area (Å²) in [6, 6.07) is 15.4. The van der Waals surface area contributed by atoms with Crippen LogP contribution in [0.5, 0.6) is 5.75 Å². The molecule has 5 heteroatoms. The average Bonchev–Trinajstić information content (AvgIpc) is 2.53. The lowest BCUT2D eigenvalue weighted by Gasteiger charge is -2.08. The highest BCUT2D eigenvalue weighted by atomic mass is 79.9. The molecule has 0 aliphatic carbocycles. The van der Waals surface area contributed by atoms with E-state index in [-0.39, 0.29) is 12.5 Å². The molecule has 0 spiro atoms. The molecule has 23 heavy (non-hydrogen) atoms. The highest BCUT2D eigenvalue weighted by molar-refractivity contribution is 9.10. The second-order valence-corrected chi connectivity index (χ2v) is 6.28. The Kier molecular flexibility index (Phi) is 6.35. The lowest BCUT2D eigenvalue weighted by Crippen LogP contribution is -2.24. The summed E-state index contributed by atoms with van der Waals surface area (Å²) in [6.07, 6.45) is 1.58. The van der Waals surface area contributed by atoms with Gasteiger partial charge in [0.1, 0.15) is 5.75 Å². The van der Waals surface area contributed by atoms with Crippen molar-refractivity contribution in [3.63, 3.8) is 0 Å². The summed E-state index contributed by atoms with van der Waals surface area (Å²) in [4.78, 5) is 11.7. The van der Waals surface area contributed by atoms with Crippen LogP contribution in [0.15, 0.2) is 58.1 Å². The van der Waals surface area contributed by atoms with Crippen molar-refractivity contribution in [2.24, 2.45) is 5.10 Å². The monoisotopic (exact) mass is 374 g/mol. The van der Waals surface area contributed by atoms with Gasteiger partial charge in [-0.3, -0.25) is 4.79 Å². The molecule has 2 rings (SSSR count). The van der Waals surface area contributed by atoms with Crippen LogP contribution >= 0.6 is 15.9 Å². The average molecular weight is 375 g/mol. The molecule has 0 saturated carbocycles. The summed E-state index contributed by atoms with van der Waals surface area (Å²) in [5, 5.41) is 3.91. The third-order valence-corrected chi connectivity index (χ3v) is 3.66. The number of hydrogen-bond donors (Lipinski definition) is 1. The number of carbonyl (C=O) groups is 1. The van der Waals surface area contributed by atoms with Crippen molar-refractivity contribution >= 4 is 28.1 Å². The summed E-state index contributed by atoms with van der Waals surface area (Å²) in [7, 11) is 0. The standard InChI is InChI=1S/C18H19BrN2O2/c1-13(2)15-6-8-17(9-7-15)23-12-18(22)21-20-11-14-4-3-5-16(19)10-14/h3-11,13H,12H2,1-2H3,(H,21,22)/b20-11+. The van der Waals surface area contributed by atoms with Crippen LogP contribution in [0.4, 0.5) is 0 Å². The molecule has 120 valence electrons. The number of ether oxygens (including phenoxy) is 1. The molecular weight excluding hydrogens is 356 g/mol. The fourth-order valence-corrected chi connectivity index (χ4v) is 2.31. The number of nitrogens with one attached hydrogen (secondary N) is 1. The first-order valence-electron chi connectivity index (χ1n) is 7.35. The summed E-state index contributed by atoms with van der Waals surface area (Å²) in [6.45, 7) is 4.19. The molecule has 4 nitrogen and oxygen atoms in total. The molecule has 1 N–H and O–H groups in total. The first kappa shape index (κ1) is 17.2. The van der Waals surface area contributed by atoms with Gasteiger partial charge in [-0.05, 0) is 41.3 Å². The van der Waals surface area contributed by atoms with Crippen molar-refractivity contribution in [1.82, 2.24) is 5.43 Å². The number of carbonyl (C=O) groups excluding carboxylic acids is 1. The molecule has 0 unspecified atom stereocenters. The van der Waals surface area contributed by atoms with Crippen LogP contribution in [-0.2, 0) is 4.79 Å². The van der Waals surface area contributed by atoms with Crippen LogP contribution < -0.4 is 10.2 Å². The fourth-order valence-electron chi connectivity index (χ4n) is 1.90. The zero-order valence-corrected chi connectivity index (χ0v) is 14.7. The predicted octanol–water partition coefficient (Wildman–Crippen LogP) is 4.10. The molecule has 0 bridgehead atoms.